The molecule has 1 aromatic carbocycles. The first-order chi connectivity index (χ1) is 10.7. The molecule has 0 saturated heterocycles. The zero-order valence-electron chi connectivity index (χ0n) is 13.0. The minimum atomic E-state index is -0.0910. The van der Waals surface area contributed by atoms with Gasteiger partial charge in [-0.15, -0.1) is 0 Å². The van der Waals surface area contributed by atoms with E-state index in [-0.39, 0.29) is 6.03 Å². The number of ether oxygens (including phenoxy) is 1. The van der Waals surface area contributed by atoms with E-state index in [0.717, 1.165) is 23.3 Å². The highest BCUT2D eigenvalue weighted by Crippen LogP contribution is 2.17. The lowest BCUT2D eigenvalue weighted by Gasteiger charge is -2.18. The summed E-state index contributed by atoms with van der Waals surface area (Å²) in [5.74, 6) is 0.849. The molecule has 2 aromatic rings. The summed E-state index contributed by atoms with van der Waals surface area (Å²) in [6.07, 6.45) is 4.18. The van der Waals surface area contributed by atoms with E-state index in [9.17, 15) is 4.79 Å². The molecule has 0 aliphatic carbocycles. The van der Waals surface area contributed by atoms with Gasteiger partial charge in [0.2, 0.25) is 0 Å². The van der Waals surface area contributed by atoms with E-state index in [0.29, 0.717) is 13.1 Å². The Bertz CT molecular complexity index is 602. The summed E-state index contributed by atoms with van der Waals surface area (Å²) >= 11 is 0. The maximum Gasteiger partial charge on any atom is 0.317 e. The third-order valence-electron chi connectivity index (χ3n) is 3.38. The number of pyridine rings is 1. The number of amides is 2. The molecule has 0 bridgehead atoms. The predicted molar refractivity (Wildman–Crippen MR) is 85.8 cm³/mol. The molecule has 0 aliphatic rings. The van der Waals surface area contributed by atoms with Crippen molar-refractivity contribution in [2.75, 3.05) is 20.7 Å². The third-order valence-corrected chi connectivity index (χ3v) is 3.38. The van der Waals surface area contributed by atoms with E-state index in [1.807, 2.05) is 36.4 Å². The molecule has 22 heavy (non-hydrogen) atoms. The maximum atomic E-state index is 12.1. The molecule has 2 amide bonds. The number of carbonyl (C=O) groups excluding carboxylic acids is 1. The average Bonchev–Trinajstić information content (AvgIpc) is 2.56. The second-order valence-electron chi connectivity index (χ2n) is 5.01. The molecule has 0 atom stereocenters. The van der Waals surface area contributed by atoms with Crippen LogP contribution in [-0.2, 0) is 13.0 Å². The van der Waals surface area contributed by atoms with Gasteiger partial charge < -0.3 is 15.0 Å². The lowest BCUT2D eigenvalue weighted by Crippen LogP contribution is -2.37. The second-order valence-corrected chi connectivity index (χ2v) is 5.01. The molecule has 2 rings (SSSR count). The molecule has 1 N–H and O–H groups in total. The number of para-hydroxylation sites is 1. The molecule has 0 fully saturated rings. The number of benzene rings is 1. The Labute approximate surface area is 130 Å². The van der Waals surface area contributed by atoms with Gasteiger partial charge in [0.15, 0.2) is 0 Å². The van der Waals surface area contributed by atoms with E-state index < -0.39 is 0 Å². The van der Waals surface area contributed by atoms with Gasteiger partial charge in [0, 0.05) is 32.5 Å². The van der Waals surface area contributed by atoms with Crippen LogP contribution in [0, 0.1) is 0 Å². The largest absolute Gasteiger partial charge is 0.496 e. The Kier molecular flexibility index (Phi) is 5.77. The number of rotatable bonds is 6. The normalized spacial score (nSPS) is 10.1. The second kappa shape index (κ2) is 8.02. The molecule has 1 aromatic heterocycles. The highest BCUT2D eigenvalue weighted by molar-refractivity contribution is 5.73. The number of nitrogens with zero attached hydrogens (tertiary/aromatic N) is 2. The standard InChI is InChI=1S/C17H21N3O2/c1-20(13-14-7-10-18-11-8-14)17(21)19-12-9-15-5-3-4-6-16(15)22-2/h3-8,10-11H,9,12-13H2,1-2H3,(H,19,21). The molecule has 0 spiro atoms. The fraction of sp³-hybridized carbons (Fsp3) is 0.294. The predicted octanol–water partition coefficient (Wildman–Crippen LogP) is 2.47. The van der Waals surface area contributed by atoms with Crippen molar-refractivity contribution in [3.63, 3.8) is 0 Å². The Morgan fingerprint density at radius 2 is 1.95 bits per heavy atom. The van der Waals surface area contributed by atoms with Crippen molar-refractivity contribution in [2.24, 2.45) is 0 Å². The van der Waals surface area contributed by atoms with Crippen LogP contribution in [0.15, 0.2) is 48.8 Å². The van der Waals surface area contributed by atoms with Crippen molar-refractivity contribution in [3.8, 4) is 5.75 Å². The zero-order chi connectivity index (χ0) is 15.8. The Balaban J connectivity index is 1.80. The van der Waals surface area contributed by atoms with Gasteiger partial charge in [-0.25, -0.2) is 4.79 Å². The first kappa shape index (κ1) is 15.8. The Morgan fingerprint density at radius 1 is 1.23 bits per heavy atom. The van der Waals surface area contributed by atoms with Crippen LogP contribution >= 0.6 is 0 Å². The number of hydrogen-bond donors (Lipinski definition) is 1. The highest BCUT2D eigenvalue weighted by atomic mass is 16.5. The van der Waals surface area contributed by atoms with Crippen LogP contribution < -0.4 is 10.1 Å². The van der Waals surface area contributed by atoms with E-state index >= 15 is 0 Å². The number of urea groups is 1. The first-order valence-electron chi connectivity index (χ1n) is 7.20. The van der Waals surface area contributed by atoms with Gasteiger partial charge in [-0.2, -0.15) is 0 Å². The van der Waals surface area contributed by atoms with Crippen LogP contribution in [0.3, 0.4) is 0 Å². The minimum Gasteiger partial charge on any atom is -0.496 e. The SMILES string of the molecule is COc1ccccc1CCNC(=O)N(C)Cc1ccncc1. The van der Waals surface area contributed by atoms with Crippen molar-refractivity contribution in [1.29, 1.82) is 0 Å². The van der Waals surface area contributed by atoms with Crippen LogP contribution in [-0.4, -0.2) is 36.6 Å². The zero-order valence-corrected chi connectivity index (χ0v) is 13.0. The lowest BCUT2D eigenvalue weighted by atomic mass is 10.1. The molecule has 1 heterocycles. The van der Waals surface area contributed by atoms with Crippen LogP contribution in [0.25, 0.3) is 0 Å². The van der Waals surface area contributed by atoms with Gasteiger partial charge in [-0.05, 0) is 35.7 Å². The van der Waals surface area contributed by atoms with Gasteiger partial charge in [0.25, 0.3) is 0 Å². The molecule has 0 saturated carbocycles. The monoisotopic (exact) mass is 299 g/mol. The number of aromatic nitrogens is 1. The van der Waals surface area contributed by atoms with Gasteiger partial charge in [0.1, 0.15) is 5.75 Å². The Hall–Kier alpha value is -2.56. The summed E-state index contributed by atoms with van der Waals surface area (Å²) in [4.78, 5) is 17.7. The van der Waals surface area contributed by atoms with Crippen molar-refractivity contribution in [2.45, 2.75) is 13.0 Å². The molecule has 0 unspecified atom stereocenters. The quantitative estimate of drug-likeness (QED) is 0.891. The summed E-state index contributed by atoms with van der Waals surface area (Å²) < 4.78 is 5.30. The highest BCUT2D eigenvalue weighted by Gasteiger charge is 2.09. The van der Waals surface area contributed by atoms with Crippen molar-refractivity contribution < 1.29 is 9.53 Å². The van der Waals surface area contributed by atoms with Crippen LogP contribution in [0.4, 0.5) is 4.79 Å². The number of hydrogen-bond acceptors (Lipinski definition) is 3. The van der Waals surface area contributed by atoms with Crippen molar-refractivity contribution in [3.05, 3.63) is 59.9 Å². The summed E-state index contributed by atoms with van der Waals surface area (Å²) in [6, 6.07) is 11.5. The summed E-state index contributed by atoms with van der Waals surface area (Å²) in [6.45, 7) is 1.13. The molecular weight excluding hydrogens is 278 g/mol. The van der Waals surface area contributed by atoms with E-state index in [2.05, 4.69) is 10.3 Å². The Morgan fingerprint density at radius 3 is 2.68 bits per heavy atom. The molecule has 5 nitrogen and oxygen atoms in total. The molecule has 0 radical (unpaired) electrons. The van der Waals surface area contributed by atoms with E-state index in [1.54, 1.807) is 31.5 Å². The first-order valence-corrected chi connectivity index (χ1v) is 7.20. The number of nitrogens with one attached hydrogen (secondary N) is 1. The minimum absolute atomic E-state index is 0.0910. The third kappa shape index (κ3) is 4.48. The lowest BCUT2D eigenvalue weighted by molar-refractivity contribution is 0.207. The van der Waals surface area contributed by atoms with Crippen LogP contribution in [0.5, 0.6) is 5.75 Å². The fourth-order valence-electron chi connectivity index (χ4n) is 2.18. The number of methoxy groups -OCH3 is 1. The molecule has 116 valence electrons. The van der Waals surface area contributed by atoms with Crippen LogP contribution in [0.2, 0.25) is 0 Å². The molecule has 5 heteroatoms. The summed E-state index contributed by atoms with van der Waals surface area (Å²) in [5, 5.41) is 2.92. The smallest absolute Gasteiger partial charge is 0.317 e. The van der Waals surface area contributed by atoms with Crippen molar-refractivity contribution in [1.82, 2.24) is 15.2 Å². The summed E-state index contributed by atoms with van der Waals surface area (Å²) in [7, 11) is 3.43. The maximum absolute atomic E-state index is 12.1. The fourth-order valence-corrected chi connectivity index (χ4v) is 2.18. The van der Waals surface area contributed by atoms with Gasteiger partial charge in [-0.1, -0.05) is 18.2 Å². The molecule has 0 aliphatic heterocycles. The van der Waals surface area contributed by atoms with Gasteiger partial charge in [0.05, 0.1) is 7.11 Å². The van der Waals surface area contributed by atoms with Gasteiger partial charge >= 0.3 is 6.03 Å². The van der Waals surface area contributed by atoms with E-state index in [4.69, 9.17) is 4.74 Å². The van der Waals surface area contributed by atoms with Crippen LogP contribution in [0.1, 0.15) is 11.1 Å². The average molecular weight is 299 g/mol. The van der Waals surface area contributed by atoms with E-state index in [1.165, 1.54) is 0 Å². The van der Waals surface area contributed by atoms with Gasteiger partial charge in [-0.3, -0.25) is 4.98 Å². The molecular formula is C17H21N3O2. The summed E-state index contributed by atoms with van der Waals surface area (Å²) in [5.41, 5.74) is 2.14. The number of carbonyl (C=O) groups is 1. The topological polar surface area (TPSA) is 54.5 Å². The van der Waals surface area contributed by atoms with Crippen molar-refractivity contribution >= 4 is 6.03 Å².